The second-order valence-electron chi connectivity index (χ2n) is 10.4. The van der Waals surface area contributed by atoms with Gasteiger partial charge >= 0.3 is 0 Å². The fourth-order valence-electron chi connectivity index (χ4n) is 4.27. The van der Waals surface area contributed by atoms with E-state index in [1.807, 2.05) is 40.7 Å². The first kappa shape index (κ1) is 32.4. The zero-order valence-corrected chi connectivity index (χ0v) is 26.4. The van der Waals surface area contributed by atoms with Crippen LogP contribution in [0.3, 0.4) is 0 Å². The quantitative estimate of drug-likeness (QED) is 0.255. The van der Waals surface area contributed by atoms with Crippen LogP contribution in [-0.4, -0.2) is 44.3 Å². The van der Waals surface area contributed by atoms with E-state index in [0.717, 1.165) is 21.0 Å². The second-order valence-corrected chi connectivity index (χ2v) is 13.2. The first-order chi connectivity index (χ1) is 19.3. The fourth-order valence-corrected chi connectivity index (χ4v) is 5.93. The number of halogens is 2. The number of nitrogens with one attached hydrogen (secondary N) is 1. The molecule has 0 fully saturated rings. The Balaban J connectivity index is 2.06. The highest BCUT2D eigenvalue weighted by molar-refractivity contribution is 7.92. The van der Waals surface area contributed by atoms with Gasteiger partial charge in [0.15, 0.2) is 0 Å². The van der Waals surface area contributed by atoms with Crippen LogP contribution < -0.4 is 9.62 Å². The fraction of sp³-hybridized carbons (Fsp3) is 0.355. The maximum atomic E-state index is 14.1. The lowest BCUT2D eigenvalue weighted by Gasteiger charge is -2.33. The molecule has 3 rings (SSSR count). The highest BCUT2D eigenvalue weighted by Crippen LogP contribution is 2.27. The van der Waals surface area contributed by atoms with Crippen molar-refractivity contribution in [1.29, 1.82) is 0 Å². The largest absolute Gasteiger partial charge is 0.354 e. The van der Waals surface area contributed by atoms with Crippen molar-refractivity contribution in [2.45, 2.75) is 58.5 Å². The number of carbonyl (C=O) groups excluding carboxylic acids is 2. The minimum Gasteiger partial charge on any atom is -0.354 e. The summed E-state index contributed by atoms with van der Waals surface area (Å²) in [5.41, 5.74) is 2.97. The molecule has 2 amide bonds. The van der Waals surface area contributed by atoms with Gasteiger partial charge in [-0.05, 0) is 91.4 Å². The third-order valence-electron chi connectivity index (χ3n) is 6.80. The second kappa shape index (κ2) is 14.2. The molecule has 3 aromatic rings. The van der Waals surface area contributed by atoms with Gasteiger partial charge in [-0.25, -0.2) is 8.42 Å². The lowest BCUT2D eigenvalue weighted by molar-refractivity contribution is -0.140. The van der Waals surface area contributed by atoms with Crippen LogP contribution in [0.2, 0.25) is 10.0 Å². The predicted octanol–water partition coefficient (Wildman–Crippen LogP) is 6.39. The van der Waals surface area contributed by atoms with Gasteiger partial charge in [0.25, 0.3) is 10.0 Å². The molecule has 0 aliphatic rings. The zero-order valence-electron chi connectivity index (χ0n) is 24.0. The molecular weight excluding hydrogens is 581 g/mol. The maximum Gasteiger partial charge on any atom is 0.264 e. The van der Waals surface area contributed by atoms with Crippen molar-refractivity contribution < 1.29 is 18.0 Å². The standard InChI is InChI=1S/C31H37Cl2N3O4S/c1-6-29(31(38)34-18-21(2)3)35(19-24-8-10-25(32)11-9-24)30(37)20-36(27-14-7-22(4)23(5)17-27)41(39,40)28-15-12-26(33)13-16-28/h7-17,21,29H,6,18-20H2,1-5H3,(H,34,38)/t29-/m0/s1. The molecule has 0 aliphatic heterocycles. The van der Waals surface area contributed by atoms with Crippen molar-refractivity contribution in [1.82, 2.24) is 10.2 Å². The molecule has 1 N–H and O–H groups in total. The summed E-state index contributed by atoms with van der Waals surface area (Å²) in [6, 6.07) is 17.2. The number of nitrogens with zero attached hydrogens (tertiary/aromatic N) is 2. The maximum absolute atomic E-state index is 14.1. The van der Waals surface area contributed by atoms with Crippen molar-refractivity contribution in [3.63, 3.8) is 0 Å². The summed E-state index contributed by atoms with van der Waals surface area (Å²) in [7, 11) is -4.17. The van der Waals surface area contributed by atoms with Crippen LogP contribution in [-0.2, 0) is 26.2 Å². The Labute approximate surface area is 253 Å². The Morgan fingerprint density at radius 1 is 0.878 bits per heavy atom. The number of hydrogen-bond acceptors (Lipinski definition) is 4. The van der Waals surface area contributed by atoms with E-state index in [2.05, 4.69) is 5.32 Å². The van der Waals surface area contributed by atoms with Crippen molar-refractivity contribution in [2.24, 2.45) is 5.92 Å². The Kier molecular flexibility index (Phi) is 11.2. The Bertz CT molecular complexity index is 1460. The van der Waals surface area contributed by atoms with Gasteiger partial charge in [0.05, 0.1) is 10.6 Å². The molecule has 0 radical (unpaired) electrons. The number of hydrogen-bond donors (Lipinski definition) is 1. The van der Waals surface area contributed by atoms with Crippen molar-refractivity contribution in [3.05, 3.63) is 93.5 Å². The van der Waals surface area contributed by atoms with Crippen molar-refractivity contribution in [2.75, 3.05) is 17.4 Å². The SMILES string of the molecule is CC[C@@H](C(=O)NCC(C)C)N(Cc1ccc(Cl)cc1)C(=O)CN(c1ccc(C)c(C)c1)S(=O)(=O)c1ccc(Cl)cc1. The molecule has 0 heterocycles. The highest BCUT2D eigenvalue weighted by Gasteiger charge is 2.33. The average Bonchev–Trinajstić information content (AvgIpc) is 2.93. The van der Waals surface area contributed by atoms with Gasteiger partial charge in [-0.1, -0.05) is 62.2 Å². The van der Waals surface area contributed by atoms with Crippen LogP contribution in [0.1, 0.15) is 43.9 Å². The summed E-state index contributed by atoms with van der Waals surface area (Å²) in [4.78, 5) is 28.9. The molecule has 0 spiro atoms. The van der Waals surface area contributed by atoms with Crippen LogP contribution in [0.4, 0.5) is 5.69 Å². The minimum atomic E-state index is -4.17. The van der Waals surface area contributed by atoms with Crippen molar-refractivity contribution in [3.8, 4) is 0 Å². The summed E-state index contributed by atoms with van der Waals surface area (Å²) in [6.45, 7) is 9.66. The molecule has 41 heavy (non-hydrogen) atoms. The lowest BCUT2D eigenvalue weighted by atomic mass is 10.1. The molecule has 1 atom stereocenters. The molecule has 3 aromatic carbocycles. The molecule has 0 aromatic heterocycles. The van der Waals surface area contributed by atoms with Crippen LogP contribution >= 0.6 is 23.2 Å². The molecule has 0 saturated carbocycles. The van der Waals surface area contributed by atoms with Crippen LogP contribution in [0.15, 0.2) is 71.6 Å². The number of aryl methyl sites for hydroxylation is 2. The van der Waals surface area contributed by atoms with E-state index in [1.165, 1.54) is 29.2 Å². The molecule has 0 unspecified atom stereocenters. The Morgan fingerprint density at radius 2 is 1.46 bits per heavy atom. The van der Waals surface area contributed by atoms with E-state index in [4.69, 9.17) is 23.2 Å². The number of anilines is 1. The molecule has 7 nitrogen and oxygen atoms in total. The number of rotatable bonds is 12. The summed E-state index contributed by atoms with van der Waals surface area (Å²) in [6.07, 6.45) is 0.344. The van der Waals surface area contributed by atoms with Gasteiger partial charge < -0.3 is 10.2 Å². The first-order valence-corrected chi connectivity index (χ1v) is 15.7. The van der Waals surface area contributed by atoms with Gasteiger partial charge in [-0.2, -0.15) is 0 Å². The van der Waals surface area contributed by atoms with E-state index >= 15 is 0 Å². The van der Waals surface area contributed by atoms with E-state index in [-0.39, 0.29) is 23.3 Å². The summed E-state index contributed by atoms with van der Waals surface area (Å²) in [5, 5.41) is 3.86. The predicted molar refractivity (Wildman–Crippen MR) is 166 cm³/mol. The molecule has 0 aliphatic carbocycles. The lowest BCUT2D eigenvalue weighted by Crippen LogP contribution is -2.52. The van der Waals surface area contributed by atoms with E-state index in [1.54, 1.807) is 36.4 Å². The van der Waals surface area contributed by atoms with Crippen LogP contribution in [0.5, 0.6) is 0 Å². The van der Waals surface area contributed by atoms with Gasteiger partial charge in [0.2, 0.25) is 11.8 Å². The number of sulfonamides is 1. The third-order valence-corrected chi connectivity index (χ3v) is 9.09. The Hall–Kier alpha value is -3.07. The first-order valence-electron chi connectivity index (χ1n) is 13.5. The highest BCUT2D eigenvalue weighted by atomic mass is 35.5. The smallest absolute Gasteiger partial charge is 0.264 e. The zero-order chi connectivity index (χ0) is 30.3. The summed E-state index contributed by atoms with van der Waals surface area (Å²) < 4.78 is 29.0. The van der Waals surface area contributed by atoms with Crippen molar-refractivity contribution >= 4 is 50.7 Å². The number of benzene rings is 3. The number of amides is 2. The monoisotopic (exact) mass is 617 g/mol. The Morgan fingerprint density at radius 3 is 2.00 bits per heavy atom. The van der Waals surface area contributed by atoms with Crippen LogP contribution in [0.25, 0.3) is 0 Å². The molecule has 220 valence electrons. The summed E-state index contributed by atoms with van der Waals surface area (Å²) >= 11 is 12.1. The van der Waals surface area contributed by atoms with Gasteiger partial charge in [0.1, 0.15) is 12.6 Å². The average molecular weight is 619 g/mol. The minimum absolute atomic E-state index is 0.00102. The van der Waals surface area contributed by atoms with E-state index in [0.29, 0.717) is 28.7 Å². The third kappa shape index (κ3) is 8.47. The van der Waals surface area contributed by atoms with Gasteiger partial charge in [0, 0.05) is 23.1 Å². The normalized spacial score (nSPS) is 12.2. The summed E-state index contributed by atoms with van der Waals surface area (Å²) in [5.74, 6) is -0.578. The molecule has 0 bridgehead atoms. The number of carbonyl (C=O) groups is 2. The topological polar surface area (TPSA) is 86.8 Å². The van der Waals surface area contributed by atoms with Gasteiger partial charge in [-0.3, -0.25) is 13.9 Å². The molecule has 10 heteroatoms. The molecule has 0 saturated heterocycles. The van der Waals surface area contributed by atoms with E-state index < -0.39 is 28.5 Å². The van der Waals surface area contributed by atoms with E-state index in [9.17, 15) is 18.0 Å². The molecular formula is C31H37Cl2N3O4S. The van der Waals surface area contributed by atoms with Crippen LogP contribution in [0, 0.1) is 19.8 Å². The van der Waals surface area contributed by atoms with Gasteiger partial charge in [-0.15, -0.1) is 0 Å².